The molecule has 0 amide bonds. The number of nitrogens with one attached hydrogen (secondary N) is 1. The molecule has 0 spiro atoms. The van der Waals surface area contributed by atoms with Crippen LogP contribution in [0.4, 0.5) is 0 Å². The molecule has 22 heavy (non-hydrogen) atoms. The zero-order valence-electron chi connectivity index (χ0n) is 12.8. The summed E-state index contributed by atoms with van der Waals surface area (Å²) in [4.78, 5) is 4.06. The quantitative estimate of drug-likeness (QED) is 0.750. The molecule has 3 rings (SSSR count). The van der Waals surface area contributed by atoms with E-state index in [9.17, 15) is 0 Å². The van der Waals surface area contributed by atoms with Gasteiger partial charge in [-0.15, -0.1) is 5.10 Å². The van der Waals surface area contributed by atoms with Gasteiger partial charge in [-0.2, -0.15) is 0 Å². The predicted molar refractivity (Wildman–Crippen MR) is 82.1 cm³/mol. The largest absolute Gasteiger partial charge is 0.390 e. The van der Waals surface area contributed by atoms with E-state index in [0.717, 1.165) is 25.9 Å². The van der Waals surface area contributed by atoms with Crippen LogP contribution < -0.4 is 5.32 Å². The smallest absolute Gasteiger partial charge is 0.108 e. The lowest BCUT2D eigenvalue weighted by molar-refractivity contribution is 0.242. The number of imidazole rings is 1. The Kier molecular flexibility index (Phi) is 5.18. The van der Waals surface area contributed by atoms with Gasteiger partial charge in [-0.3, -0.25) is 0 Å². The lowest BCUT2D eigenvalue weighted by Gasteiger charge is -2.32. The summed E-state index contributed by atoms with van der Waals surface area (Å²) in [6.45, 7) is 1.93. The van der Waals surface area contributed by atoms with Crippen LogP contribution in [0, 0.1) is 0 Å². The number of aromatic nitrogens is 5. The first-order valence-corrected chi connectivity index (χ1v) is 8.07. The molecule has 1 aliphatic rings. The second-order valence-electron chi connectivity index (χ2n) is 5.91. The van der Waals surface area contributed by atoms with Crippen LogP contribution in [0.5, 0.6) is 0 Å². The molecule has 0 radical (unpaired) electrons. The normalized spacial score (nSPS) is 22.0. The summed E-state index contributed by atoms with van der Waals surface area (Å²) in [5.74, 6) is 0. The second-order valence-corrected chi connectivity index (χ2v) is 5.91. The summed E-state index contributed by atoms with van der Waals surface area (Å²) in [6.07, 6.45) is 13.4. The maximum atomic E-state index is 9.14. The molecular formula is C15H24N6O. The van der Waals surface area contributed by atoms with E-state index in [-0.39, 0.29) is 6.61 Å². The predicted octanol–water partition coefficient (Wildman–Crippen LogP) is 1.13. The van der Waals surface area contributed by atoms with Gasteiger partial charge >= 0.3 is 0 Å². The topological polar surface area (TPSA) is 80.8 Å². The molecule has 0 bridgehead atoms. The van der Waals surface area contributed by atoms with Crippen LogP contribution in [0.1, 0.15) is 43.8 Å². The number of hydrogen-bond donors (Lipinski definition) is 2. The van der Waals surface area contributed by atoms with E-state index in [1.54, 1.807) is 0 Å². The first-order chi connectivity index (χ1) is 10.9. The second kappa shape index (κ2) is 7.51. The number of aliphatic hydroxyl groups is 1. The van der Waals surface area contributed by atoms with Crippen LogP contribution in [0.15, 0.2) is 24.9 Å². The summed E-state index contributed by atoms with van der Waals surface area (Å²) in [6, 6.07) is 0.777. The highest BCUT2D eigenvalue weighted by Crippen LogP contribution is 2.28. The van der Waals surface area contributed by atoms with Crippen molar-refractivity contribution < 1.29 is 5.11 Å². The van der Waals surface area contributed by atoms with Gasteiger partial charge in [-0.25, -0.2) is 9.67 Å². The van der Waals surface area contributed by atoms with E-state index in [4.69, 9.17) is 5.11 Å². The Hall–Kier alpha value is -1.73. The van der Waals surface area contributed by atoms with Crippen molar-refractivity contribution in [2.24, 2.45) is 0 Å². The minimum atomic E-state index is -0.0459. The monoisotopic (exact) mass is 304 g/mol. The van der Waals surface area contributed by atoms with E-state index in [0.29, 0.717) is 17.8 Å². The third-order valence-corrected chi connectivity index (χ3v) is 4.35. The molecule has 7 heteroatoms. The van der Waals surface area contributed by atoms with Gasteiger partial charge in [0.15, 0.2) is 0 Å². The van der Waals surface area contributed by atoms with E-state index in [1.165, 1.54) is 19.3 Å². The third-order valence-electron chi connectivity index (χ3n) is 4.35. The first-order valence-electron chi connectivity index (χ1n) is 8.07. The van der Waals surface area contributed by atoms with Crippen molar-refractivity contribution in [3.05, 3.63) is 30.6 Å². The first kappa shape index (κ1) is 15.2. The van der Waals surface area contributed by atoms with E-state index < -0.39 is 0 Å². The third kappa shape index (κ3) is 3.72. The SMILES string of the molecule is OCc1cn([C@@H]2CCCC[C@@H]2NCCCn2ccnc2)nn1. The van der Waals surface area contributed by atoms with E-state index in [2.05, 4.69) is 25.2 Å². The van der Waals surface area contributed by atoms with Gasteiger partial charge in [-0.05, 0) is 25.8 Å². The summed E-state index contributed by atoms with van der Waals surface area (Å²) in [5, 5.41) is 21.0. The van der Waals surface area contributed by atoms with Crippen molar-refractivity contribution in [1.29, 1.82) is 0 Å². The van der Waals surface area contributed by atoms with Gasteiger partial charge in [-0.1, -0.05) is 18.1 Å². The number of rotatable bonds is 7. The maximum absolute atomic E-state index is 9.14. The van der Waals surface area contributed by atoms with Gasteiger partial charge in [0.2, 0.25) is 0 Å². The Morgan fingerprint density at radius 3 is 3.00 bits per heavy atom. The van der Waals surface area contributed by atoms with Crippen LogP contribution in [-0.2, 0) is 13.2 Å². The summed E-state index contributed by atoms with van der Waals surface area (Å²) < 4.78 is 4.03. The average molecular weight is 304 g/mol. The van der Waals surface area contributed by atoms with E-state index >= 15 is 0 Å². The standard InChI is InChI=1S/C15H24N6O/c22-11-13-10-21(19-18-13)15-5-2-1-4-14(15)17-6-3-8-20-9-7-16-12-20/h7,9-10,12,14-15,17,22H,1-6,8,11H2/t14-,15+/m0/s1. The van der Waals surface area contributed by atoms with Crippen molar-refractivity contribution in [3.63, 3.8) is 0 Å². The molecule has 2 aromatic rings. The highest BCUT2D eigenvalue weighted by atomic mass is 16.3. The molecule has 7 nitrogen and oxygen atoms in total. The Morgan fingerprint density at radius 1 is 1.32 bits per heavy atom. The lowest BCUT2D eigenvalue weighted by atomic mass is 9.90. The van der Waals surface area contributed by atoms with Crippen LogP contribution >= 0.6 is 0 Å². The van der Waals surface area contributed by atoms with Crippen molar-refractivity contribution in [2.75, 3.05) is 6.54 Å². The maximum Gasteiger partial charge on any atom is 0.108 e. The van der Waals surface area contributed by atoms with E-state index in [1.807, 2.05) is 29.6 Å². The van der Waals surface area contributed by atoms with Gasteiger partial charge < -0.3 is 15.0 Å². The zero-order valence-corrected chi connectivity index (χ0v) is 12.8. The van der Waals surface area contributed by atoms with Crippen LogP contribution in [0.2, 0.25) is 0 Å². The molecule has 2 heterocycles. The van der Waals surface area contributed by atoms with Crippen LogP contribution in [0.3, 0.4) is 0 Å². The molecule has 1 aliphatic carbocycles. The number of nitrogens with zero attached hydrogens (tertiary/aromatic N) is 5. The summed E-state index contributed by atoms with van der Waals surface area (Å²) in [5.41, 5.74) is 0.643. The molecule has 2 atom stereocenters. The number of aliphatic hydroxyl groups excluding tert-OH is 1. The van der Waals surface area contributed by atoms with Crippen LogP contribution in [-0.4, -0.2) is 42.2 Å². The van der Waals surface area contributed by atoms with Crippen molar-refractivity contribution in [2.45, 2.75) is 57.3 Å². The Balaban J connectivity index is 1.51. The minimum Gasteiger partial charge on any atom is -0.390 e. The fourth-order valence-corrected chi connectivity index (χ4v) is 3.18. The molecule has 0 aromatic carbocycles. The zero-order chi connectivity index (χ0) is 15.2. The molecule has 1 saturated carbocycles. The van der Waals surface area contributed by atoms with Crippen molar-refractivity contribution in [1.82, 2.24) is 29.9 Å². The Bertz CT molecular complexity index is 552. The molecule has 120 valence electrons. The molecule has 2 N–H and O–H groups in total. The molecular weight excluding hydrogens is 280 g/mol. The van der Waals surface area contributed by atoms with Gasteiger partial charge in [0, 0.05) is 25.0 Å². The summed E-state index contributed by atoms with van der Waals surface area (Å²) >= 11 is 0. The highest BCUT2D eigenvalue weighted by Gasteiger charge is 2.27. The summed E-state index contributed by atoms with van der Waals surface area (Å²) in [7, 11) is 0. The highest BCUT2D eigenvalue weighted by molar-refractivity contribution is 4.94. The van der Waals surface area contributed by atoms with Crippen molar-refractivity contribution >= 4 is 0 Å². The fourth-order valence-electron chi connectivity index (χ4n) is 3.18. The lowest BCUT2D eigenvalue weighted by Crippen LogP contribution is -2.40. The molecule has 1 fully saturated rings. The van der Waals surface area contributed by atoms with Gasteiger partial charge in [0.25, 0.3) is 0 Å². The number of aryl methyl sites for hydroxylation is 1. The molecule has 0 unspecified atom stereocenters. The molecule has 0 aliphatic heterocycles. The van der Waals surface area contributed by atoms with Crippen molar-refractivity contribution in [3.8, 4) is 0 Å². The molecule has 0 saturated heterocycles. The van der Waals surface area contributed by atoms with Gasteiger partial charge in [0.1, 0.15) is 5.69 Å². The Labute approximate surface area is 130 Å². The minimum absolute atomic E-state index is 0.0459. The number of hydrogen-bond acceptors (Lipinski definition) is 5. The van der Waals surface area contributed by atoms with Crippen LogP contribution in [0.25, 0.3) is 0 Å². The van der Waals surface area contributed by atoms with Gasteiger partial charge in [0.05, 0.1) is 25.2 Å². The Morgan fingerprint density at radius 2 is 2.23 bits per heavy atom. The fraction of sp³-hybridized carbons (Fsp3) is 0.667. The average Bonchev–Trinajstić information content (AvgIpc) is 3.23. The molecule has 2 aromatic heterocycles.